The fraction of sp³-hybridized carbons (Fsp3) is 0.316. The molecule has 0 bridgehead atoms. The quantitative estimate of drug-likeness (QED) is 0.802. The molecule has 0 aliphatic heterocycles. The van der Waals surface area contributed by atoms with Crippen molar-refractivity contribution in [1.82, 2.24) is 15.6 Å². The minimum absolute atomic E-state index is 0.121. The molecule has 1 saturated carbocycles. The van der Waals surface area contributed by atoms with Gasteiger partial charge in [-0.3, -0.25) is 14.6 Å². The van der Waals surface area contributed by atoms with Crippen LogP contribution in [0.2, 0.25) is 0 Å². The van der Waals surface area contributed by atoms with Crippen LogP contribution in [-0.4, -0.2) is 16.8 Å². The first-order valence-electron chi connectivity index (χ1n) is 8.15. The van der Waals surface area contributed by atoms with Crippen LogP contribution in [0.25, 0.3) is 0 Å². The number of carbonyl (C=O) groups excluding carboxylic acids is 2. The third-order valence-electron chi connectivity index (χ3n) is 4.47. The Morgan fingerprint density at radius 2 is 1.75 bits per heavy atom. The van der Waals surface area contributed by atoms with Gasteiger partial charge in [0.1, 0.15) is 5.41 Å². The molecule has 1 aromatic heterocycles. The molecule has 3 rings (SSSR count). The molecule has 5 nitrogen and oxygen atoms in total. The number of nitrogens with zero attached hydrogens (tertiary/aromatic N) is 1. The van der Waals surface area contributed by atoms with Crippen molar-refractivity contribution in [3.8, 4) is 0 Å². The Bertz CT molecular complexity index is 712. The molecule has 2 amide bonds. The lowest BCUT2D eigenvalue weighted by Crippen LogP contribution is -2.43. The number of hydrogen-bond donors (Lipinski definition) is 2. The van der Waals surface area contributed by atoms with E-state index in [4.69, 9.17) is 0 Å². The number of aromatic nitrogens is 1. The van der Waals surface area contributed by atoms with E-state index in [0.717, 1.165) is 11.1 Å². The maximum absolute atomic E-state index is 12.6. The molecule has 2 N–H and O–H groups in total. The number of carbonyl (C=O) groups is 2. The summed E-state index contributed by atoms with van der Waals surface area (Å²) in [5, 5.41) is 5.84. The lowest BCUT2D eigenvalue weighted by molar-refractivity contribution is -0.137. The van der Waals surface area contributed by atoms with E-state index in [-0.39, 0.29) is 17.9 Å². The molecule has 1 atom stereocenters. The Morgan fingerprint density at radius 3 is 2.38 bits per heavy atom. The minimum atomic E-state index is -0.907. The van der Waals surface area contributed by atoms with Gasteiger partial charge >= 0.3 is 0 Å². The normalized spacial score (nSPS) is 16.0. The van der Waals surface area contributed by atoms with Crippen LogP contribution in [0.15, 0.2) is 54.9 Å². The number of hydrogen-bond acceptors (Lipinski definition) is 3. The third kappa shape index (κ3) is 3.45. The zero-order chi connectivity index (χ0) is 17.0. The van der Waals surface area contributed by atoms with Crippen molar-refractivity contribution in [1.29, 1.82) is 0 Å². The Kier molecular flexibility index (Phi) is 4.60. The first-order valence-corrected chi connectivity index (χ1v) is 8.15. The molecule has 1 aliphatic carbocycles. The van der Waals surface area contributed by atoms with Crippen molar-refractivity contribution in [3.05, 3.63) is 66.0 Å². The van der Waals surface area contributed by atoms with E-state index in [1.54, 1.807) is 12.4 Å². The second kappa shape index (κ2) is 6.83. The zero-order valence-corrected chi connectivity index (χ0v) is 13.7. The number of nitrogens with one attached hydrogen (secondary N) is 2. The predicted molar refractivity (Wildman–Crippen MR) is 90.8 cm³/mol. The molecular formula is C19H21N3O2. The van der Waals surface area contributed by atoms with Gasteiger partial charge in [-0.15, -0.1) is 0 Å². The fourth-order valence-corrected chi connectivity index (χ4v) is 2.69. The highest BCUT2D eigenvalue weighted by Crippen LogP contribution is 2.46. The average molecular weight is 323 g/mol. The maximum Gasteiger partial charge on any atom is 0.236 e. The first kappa shape index (κ1) is 16.2. The van der Waals surface area contributed by atoms with Gasteiger partial charge in [0.2, 0.25) is 11.8 Å². The molecule has 5 heteroatoms. The predicted octanol–water partition coefficient (Wildman–Crippen LogP) is 2.36. The van der Waals surface area contributed by atoms with Crippen LogP contribution >= 0.6 is 0 Å². The highest BCUT2D eigenvalue weighted by atomic mass is 16.2. The van der Waals surface area contributed by atoms with Crippen LogP contribution in [0.4, 0.5) is 0 Å². The molecule has 24 heavy (non-hydrogen) atoms. The SMILES string of the molecule is CC(NC(=O)C1(C(=O)NCc2ccncc2)CC1)c1ccccc1. The van der Waals surface area contributed by atoms with Crippen LogP contribution in [0.3, 0.4) is 0 Å². The average Bonchev–Trinajstić information content (AvgIpc) is 3.43. The van der Waals surface area contributed by atoms with Crippen LogP contribution in [-0.2, 0) is 16.1 Å². The molecule has 124 valence electrons. The van der Waals surface area contributed by atoms with Crippen molar-refractivity contribution in [2.75, 3.05) is 0 Å². The van der Waals surface area contributed by atoms with Gasteiger partial charge in [-0.25, -0.2) is 0 Å². The summed E-state index contributed by atoms with van der Waals surface area (Å²) in [6.07, 6.45) is 4.57. The van der Waals surface area contributed by atoms with Gasteiger partial charge in [0, 0.05) is 18.9 Å². The van der Waals surface area contributed by atoms with Gasteiger partial charge in [0.25, 0.3) is 0 Å². The van der Waals surface area contributed by atoms with Crippen molar-refractivity contribution >= 4 is 11.8 Å². The van der Waals surface area contributed by atoms with Crippen molar-refractivity contribution < 1.29 is 9.59 Å². The van der Waals surface area contributed by atoms with E-state index in [1.807, 2.05) is 49.4 Å². The summed E-state index contributed by atoms with van der Waals surface area (Å²) >= 11 is 0. The zero-order valence-electron chi connectivity index (χ0n) is 13.7. The van der Waals surface area contributed by atoms with Crippen LogP contribution in [0, 0.1) is 5.41 Å². The Balaban J connectivity index is 1.58. The number of pyridine rings is 1. The molecule has 1 aliphatic rings. The van der Waals surface area contributed by atoms with Crippen LogP contribution in [0.1, 0.15) is 36.9 Å². The summed E-state index contributed by atoms with van der Waals surface area (Å²) in [6.45, 7) is 2.34. The smallest absolute Gasteiger partial charge is 0.236 e. The molecule has 2 aromatic rings. The Labute approximate surface area is 141 Å². The summed E-state index contributed by atoms with van der Waals surface area (Å²) in [7, 11) is 0. The Morgan fingerprint density at radius 1 is 1.08 bits per heavy atom. The molecule has 0 saturated heterocycles. The lowest BCUT2D eigenvalue weighted by atomic mass is 10.0. The van der Waals surface area contributed by atoms with E-state index in [0.29, 0.717) is 19.4 Å². The van der Waals surface area contributed by atoms with Gasteiger partial charge in [-0.05, 0) is 43.0 Å². The van der Waals surface area contributed by atoms with Crippen molar-refractivity contribution in [2.45, 2.75) is 32.4 Å². The number of rotatable bonds is 6. The molecule has 0 spiro atoms. The summed E-state index contributed by atoms with van der Waals surface area (Å²) in [5.41, 5.74) is 1.09. The van der Waals surface area contributed by atoms with E-state index in [1.165, 1.54) is 0 Å². The van der Waals surface area contributed by atoms with Crippen molar-refractivity contribution in [3.63, 3.8) is 0 Å². The highest BCUT2D eigenvalue weighted by Gasteiger charge is 2.56. The summed E-state index contributed by atoms with van der Waals surface area (Å²) in [4.78, 5) is 29.0. The summed E-state index contributed by atoms with van der Waals surface area (Å²) < 4.78 is 0. The van der Waals surface area contributed by atoms with Crippen molar-refractivity contribution in [2.24, 2.45) is 5.41 Å². The molecular weight excluding hydrogens is 302 g/mol. The molecule has 1 fully saturated rings. The van der Waals surface area contributed by atoms with E-state index >= 15 is 0 Å². The van der Waals surface area contributed by atoms with Crippen LogP contribution < -0.4 is 10.6 Å². The van der Waals surface area contributed by atoms with Gasteiger partial charge in [0.15, 0.2) is 0 Å². The minimum Gasteiger partial charge on any atom is -0.351 e. The highest BCUT2D eigenvalue weighted by molar-refractivity contribution is 6.07. The summed E-state index contributed by atoms with van der Waals surface area (Å²) in [5.74, 6) is -0.386. The molecule has 0 radical (unpaired) electrons. The monoisotopic (exact) mass is 323 g/mol. The first-order chi connectivity index (χ1) is 11.6. The largest absolute Gasteiger partial charge is 0.351 e. The number of benzene rings is 1. The summed E-state index contributed by atoms with van der Waals surface area (Å²) in [6, 6.07) is 13.3. The van der Waals surface area contributed by atoms with Crippen LogP contribution in [0.5, 0.6) is 0 Å². The molecule has 1 aromatic carbocycles. The molecule has 1 unspecified atom stereocenters. The number of amides is 2. The van der Waals surface area contributed by atoms with E-state index in [9.17, 15) is 9.59 Å². The second-order valence-electron chi connectivity index (χ2n) is 6.23. The van der Waals surface area contributed by atoms with Gasteiger partial charge in [0.05, 0.1) is 6.04 Å². The maximum atomic E-state index is 12.6. The lowest BCUT2D eigenvalue weighted by Gasteiger charge is -2.19. The van der Waals surface area contributed by atoms with E-state index < -0.39 is 5.41 Å². The fourth-order valence-electron chi connectivity index (χ4n) is 2.69. The van der Waals surface area contributed by atoms with E-state index in [2.05, 4.69) is 15.6 Å². The van der Waals surface area contributed by atoms with Gasteiger partial charge in [-0.2, -0.15) is 0 Å². The van der Waals surface area contributed by atoms with Gasteiger partial charge < -0.3 is 10.6 Å². The second-order valence-corrected chi connectivity index (χ2v) is 6.23. The third-order valence-corrected chi connectivity index (χ3v) is 4.47. The topological polar surface area (TPSA) is 71.1 Å². The van der Waals surface area contributed by atoms with Gasteiger partial charge in [-0.1, -0.05) is 30.3 Å². The molecule has 1 heterocycles. The standard InChI is InChI=1S/C19H21N3O2/c1-14(16-5-3-2-4-6-16)22-18(24)19(9-10-19)17(23)21-13-15-7-11-20-12-8-15/h2-8,11-12,14H,9-10,13H2,1H3,(H,21,23)(H,22,24). The Hall–Kier alpha value is -2.69.